The summed E-state index contributed by atoms with van der Waals surface area (Å²) < 4.78 is 2.11. The van der Waals surface area contributed by atoms with Gasteiger partial charge in [0.15, 0.2) is 0 Å². The maximum atomic E-state index is 11.7. The smallest absolute Gasteiger partial charge is 0.317 e. The zero-order valence-corrected chi connectivity index (χ0v) is 12.1. The van der Waals surface area contributed by atoms with Crippen LogP contribution in [-0.2, 0) is 13.0 Å². The lowest BCUT2D eigenvalue weighted by molar-refractivity contribution is 0.176. The van der Waals surface area contributed by atoms with E-state index in [-0.39, 0.29) is 12.1 Å². The van der Waals surface area contributed by atoms with E-state index in [1.807, 2.05) is 11.8 Å². The standard InChI is InChI=1S/C14H22N4O2/c1-9-12-8-17(14(20)15-2)6-5-13(12)18(16-9)10-3-4-11(19)7-10/h10-11,19H,3-8H2,1-2H3,(H,15,20). The summed E-state index contributed by atoms with van der Waals surface area (Å²) in [5, 5.41) is 17.1. The second-order valence-electron chi connectivity index (χ2n) is 5.80. The second kappa shape index (κ2) is 5.09. The van der Waals surface area contributed by atoms with Crippen molar-refractivity contribution >= 4 is 6.03 Å². The highest BCUT2D eigenvalue weighted by molar-refractivity contribution is 5.74. The molecule has 2 aliphatic rings. The van der Waals surface area contributed by atoms with E-state index in [0.29, 0.717) is 12.6 Å². The molecule has 1 aromatic rings. The van der Waals surface area contributed by atoms with E-state index in [0.717, 1.165) is 37.9 Å². The van der Waals surface area contributed by atoms with Crippen LogP contribution in [0, 0.1) is 6.92 Å². The predicted octanol–water partition coefficient (Wildman–Crippen LogP) is 0.975. The molecular formula is C14H22N4O2. The molecule has 2 N–H and O–H groups in total. The third-order valence-electron chi connectivity index (χ3n) is 4.51. The van der Waals surface area contributed by atoms with Crippen LogP contribution in [0.15, 0.2) is 0 Å². The molecule has 0 radical (unpaired) electrons. The molecule has 2 atom stereocenters. The number of nitrogens with zero attached hydrogens (tertiary/aromatic N) is 3. The lowest BCUT2D eigenvalue weighted by atomic mass is 10.1. The summed E-state index contributed by atoms with van der Waals surface area (Å²) in [5.74, 6) is 0. The van der Waals surface area contributed by atoms with Gasteiger partial charge >= 0.3 is 6.03 Å². The van der Waals surface area contributed by atoms with Gasteiger partial charge in [-0.25, -0.2) is 4.79 Å². The number of carbonyl (C=O) groups excluding carboxylic acids is 1. The molecule has 1 aliphatic heterocycles. The molecule has 1 saturated carbocycles. The average molecular weight is 278 g/mol. The summed E-state index contributed by atoms with van der Waals surface area (Å²) in [6.45, 7) is 3.37. The molecule has 2 heterocycles. The third kappa shape index (κ3) is 2.18. The molecule has 1 aromatic heterocycles. The minimum atomic E-state index is -0.189. The molecule has 6 nitrogen and oxygen atoms in total. The monoisotopic (exact) mass is 278 g/mol. The molecule has 6 heteroatoms. The zero-order valence-electron chi connectivity index (χ0n) is 12.1. The van der Waals surface area contributed by atoms with Crippen molar-refractivity contribution in [3.05, 3.63) is 17.0 Å². The van der Waals surface area contributed by atoms with Gasteiger partial charge in [-0.15, -0.1) is 0 Å². The molecular weight excluding hydrogens is 256 g/mol. The molecule has 1 aliphatic carbocycles. The van der Waals surface area contributed by atoms with E-state index >= 15 is 0 Å². The highest BCUT2D eigenvalue weighted by Crippen LogP contribution is 2.33. The largest absolute Gasteiger partial charge is 0.393 e. The molecule has 0 aromatic carbocycles. The van der Waals surface area contributed by atoms with Crippen molar-refractivity contribution in [2.75, 3.05) is 13.6 Å². The Balaban J connectivity index is 1.86. The predicted molar refractivity (Wildman–Crippen MR) is 74.4 cm³/mol. The summed E-state index contributed by atoms with van der Waals surface area (Å²) in [7, 11) is 1.66. The number of carbonyl (C=O) groups is 1. The normalized spacial score (nSPS) is 25.6. The highest BCUT2D eigenvalue weighted by atomic mass is 16.3. The van der Waals surface area contributed by atoms with Crippen LogP contribution in [0.2, 0.25) is 0 Å². The van der Waals surface area contributed by atoms with Gasteiger partial charge < -0.3 is 15.3 Å². The molecule has 2 amide bonds. The van der Waals surface area contributed by atoms with Crippen LogP contribution >= 0.6 is 0 Å². The number of aliphatic hydroxyl groups excluding tert-OH is 1. The van der Waals surface area contributed by atoms with Gasteiger partial charge in [-0.1, -0.05) is 0 Å². The Bertz CT molecular complexity index is 525. The number of rotatable bonds is 1. The number of amides is 2. The molecule has 110 valence electrons. The lowest BCUT2D eigenvalue weighted by Gasteiger charge is -2.28. The van der Waals surface area contributed by atoms with Crippen LogP contribution in [0.3, 0.4) is 0 Å². The van der Waals surface area contributed by atoms with Gasteiger partial charge in [-0.3, -0.25) is 4.68 Å². The fraction of sp³-hybridized carbons (Fsp3) is 0.714. The highest BCUT2D eigenvalue weighted by Gasteiger charge is 2.31. The van der Waals surface area contributed by atoms with E-state index in [9.17, 15) is 9.90 Å². The van der Waals surface area contributed by atoms with Crippen LogP contribution in [0.25, 0.3) is 0 Å². The first-order valence-electron chi connectivity index (χ1n) is 7.31. The number of hydrogen-bond donors (Lipinski definition) is 2. The van der Waals surface area contributed by atoms with E-state index in [2.05, 4.69) is 15.1 Å². The van der Waals surface area contributed by atoms with Gasteiger partial charge in [0, 0.05) is 31.3 Å². The van der Waals surface area contributed by atoms with Gasteiger partial charge in [-0.05, 0) is 26.2 Å². The topological polar surface area (TPSA) is 70.4 Å². The first kappa shape index (κ1) is 13.4. The summed E-state index contributed by atoms with van der Waals surface area (Å²) in [4.78, 5) is 13.6. The fourth-order valence-corrected chi connectivity index (χ4v) is 3.40. The average Bonchev–Trinajstić information content (AvgIpc) is 3.02. The maximum Gasteiger partial charge on any atom is 0.317 e. The van der Waals surface area contributed by atoms with Gasteiger partial charge in [0.25, 0.3) is 0 Å². The van der Waals surface area contributed by atoms with Gasteiger partial charge in [-0.2, -0.15) is 5.10 Å². The van der Waals surface area contributed by atoms with Crippen molar-refractivity contribution in [3.8, 4) is 0 Å². The van der Waals surface area contributed by atoms with Crippen molar-refractivity contribution in [1.82, 2.24) is 20.0 Å². The van der Waals surface area contributed by atoms with Gasteiger partial charge in [0.2, 0.25) is 0 Å². The Labute approximate surface area is 118 Å². The van der Waals surface area contributed by atoms with Crippen molar-refractivity contribution in [3.63, 3.8) is 0 Å². The molecule has 1 fully saturated rings. The third-order valence-corrected chi connectivity index (χ3v) is 4.51. The SMILES string of the molecule is CNC(=O)N1CCc2c(c(C)nn2C2CCC(O)C2)C1. The maximum absolute atomic E-state index is 11.7. The summed E-state index contributed by atoms with van der Waals surface area (Å²) in [6, 6.07) is 0.290. The molecule has 0 spiro atoms. The molecule has 0 saturated heterocycles. The Morgan fingerprint density at radius 1 is 1.45 bits per heavy atom. The number of nitrogens with one attached hydrogen (secondary N) is 1. The second-order valence-corrected chi connectivity index (χ2v) is 5.80. The Kier molecular flexibility index (Phi) is 3.41. The number of aromatic nitrogens is 2. The summed E-state index contributed by atoms with van der Waals surface area (Å²) >= 11 is 0. The van der Waals surface area contributed by atoms with E-state index in [1.54, 1.807) is 7.05 Å². The van der Waals surface area contributed by atoms with Crippen molar-refractivity contribution in [2.45, 2.75) is 51.3 Å². The zero-order chi connectivity index (χ0) is 14.3. The Morgan fingerprint density at radius 3 is 2.90 bits per heavy atom. The summed E-state index contributed by atoms with van der Waals surface area (Å²) in [5.41, 5.74) is 3.44. The van der Waals surface area contributed by atoms with Crippen LogP contribution in [-0.4, -0.2) is 45.5 Å². The van der Waals surface area contributed by atoms with E-state index in [4.69, 9.17) is 0 Å². The van der Waals surface area contributed by atoms with E-state index in [1.165, 1.54) is 11.3 Å². The lowest BCUT2D eigenvalue weighted by Crippen LogP contribution is -2.41. The first-order chi connectivity index (χ1) is 9.60. The van der Waals surface area contributed by atoms with Crippen LogP contribution in [0.5, 0.6) is 0 Å². The molecule has 0 bridgehead atoms. The van der Waals surface area contributed by atoms with Crippen LogP contribution < -0.4 is 5.32 Å². The Morgan fingerprint density at radius 2 is 2.25 bits per heavy atom. The van der Waals surface area contributed by atoms with Crippen molar-refractivity contribution in [2.24, 2.45) is 0 Å². The van der Waals surface area contributed by atoms with Crippen molar-refractivity contribution in [1.29, 1.82) is 0 Å². The van der Waals surface area contributed by atoms with Crippen LogP contribution in [0.4, 0.5) is 4.79 Å². The van der Waals surface area contributed by atoms with E-state index < -0.39 is 0 Å². The number of fused-ring (bicyclic) bond motifs is 1. The number of hydrogen-bond acceptors (Lipinski definition) is 3. The number of urea groups is 1. The number of aliphatic hydroxyl groups is 1. The first-order valence-corrected chi connectivity index (χ1v) is 7.31. The fourth-order valence-electron chi connectivity index (χ4n) is 3.40. The van der Waals surface area contributed by atoms with Crippen molar-refractivity contribution < 1.29 is 9.90 Å². The minimum absolute atomic E-state index is 0.0286. The van der Waals surface area contributed by atoms with Gasteiger partial charge in [0.05, 0.1) is 24.4 Å². The molecule has 2 unspecified atom stereocenters. The summed E-state index contributed by atoms with van der Waals surface area (Å²) in [6.07, 6.45) is 3.31. The quantitative estimate of drug-likeness (QED) is 0.804. The van der Waals surface area contributed by atoms with Gasteiger partial charge in [0.1, 0.15) is 0 Å². The van der Waals surface area contributed by atoms with Crippen LogP contribution in [0.1, 0.15) is 42.3 Å². The number of aryl methyl sites for hydroxylation is 1. The Hall–Kier alpha value is -1.56. The molecule has 3 rings (SSSR count). The molecule has 20 heavy (non-hydrogen) atoms. The minimum Gasteiger partial charge on any atom is -0.393 e.